The molecule has 14 heavy (non-hydrogen) atoms. The van der Waals surface area contributed by atoms with Crippen LogP contribution in [0.1, 0.15) is 22.8 Å². The van der Waals surface area contributed by atoms with Crippen molar-refractivity contribution < 1.29 is 9.18 Å². The Bertz CT molecular complexity index is 487. The van der Waals surface area contributed by atoms with E-state index in [9.17, 15) is 9.18 Å². The molecule has 0 unspecified atom stereocenters. The van der Waals surface area contributed by atoms with Crippen LogP contribution in [0.25, 0.3) is 5.52 Å². The van der Waals surface area contributed by atoms with Crippen molar-refractivity contribution in [1.29, 1.82) is 0 Å². The fourth-order valence-corrected chi connectivity index (χ4v) is 1.67. The van der Waals surface area contributed by atoms with Gasteiger partial charge in [-0.15, -0.1) is 0 Å². The van der Waals surface area contributed by atoms with E-state index in [2.05, 4.69) is 0 Å². The molecule has 0 aliphatic carbocycles. The first-order valence-electron chi connectivity index (χ1n) is 4.51. The van der Waals surface area contributed by atoms with E-state index in [0.717, 1.165) is 18.3 Å². The molecule has 0 saturated heterocycles. The fraction of sp³-hybridized carbons (Fsp3) is 0.182. The van der Waals surface area contributed by atoms with Crippen LogP contribution in [0.15, 0.2) is 24.4 Å². The Morgan fingerprint density at radius 2 is 2.21 bits per heavy atom. The smallest absolute Gasteiger partial charge is 0.198 e. The van der Waals surface area contributed by atoms with Gasteiger partial charge in [0.1, 0.15) is 0 Å². The first-order chi connectivity index (χ1) is 6.77. The van der Waals surface area contributed by atoms with Gasteiger partial charge in [-0.25, -0.2) is 0 Å². The number of carbonyl (C=O) groups excluding carboxylic acids is 1. The summed E-state index contributed by atoms with van der Waals surface area (Å²) in [5.74, 6) is -0.342. The van der Waals surface area contributed by atoms with Gasteiger partial charge in [0.25, 0.3) is 0 Å². The number of aryl methyl sites for hydroxylation is 1. The topological polar surface area (TPSA) is 21.5 Å². The lowest BCUT2D eigenvalue weighted by atomic mass is 10.1. The Kier molecular flexibility index (Phi) is 2.08. The third kappa shape index (κ3) is 1.13. The zero-order chi connectivity index (χ0) is 10.1. The summed E-state index contributed by atoms with van der Waals surface area (Å²) < 4.78 is 14.7. The van der Waals surface area contributed by atoms with Crippen molar-refractivity contribution in [2.75, 3.05) is 0 Å². The predicted octanol–water partition coefficient (Wildman–Crippen LogP) is 2.45. The lowest BCUT2D eigenvalue weighted by Gasteiger charge is -2.01. The van der Waals surface area contributed by atoms with Gasteiger partial charge < -0.3 is 0 Å². The molecule has 2 aromatic rings. The van der Waals surface area contributed by atoms with Crippen molar-refractivity contribution in [3.8, 4) is 0 Å². The number of halogens is 1. The van der Waals surface area contributed by atoms with E-state index in [4.69, 9.17) is 0 Å². The summed E-state index contributed by atoms with van der Waals surface area (Å²) in [6.45, 7) is 1.98. The molecule has 72 valence electrons. The third-order valence-corrected chi connectivity index (χ3v) is 2.38. The Labute approximate surface area is 81.0 Å². The van der Waals surface area contributed by atoms with Crippen LogP contribution >= 0.6 is 0 Å². The summed E-state index contributed by atoms with van der Waals surface area (Å²) in [5.41, 5.74) is 2.21. The van der Waals surface area contributed by atoms with E-state index in [0.29, 0.717) is 11.1 Å². The monoisotopic (exact) mass is 191 g/mol. The number of rotatable bonds is 2. The van der Waals surface area contributed by atoms with Crippen molar-refractivity contribution in [3.05, 3.63) is 41.5 Å². The van der Waals surface area contributed by atoms with Crippen molar-refractivity contribution in [2.24, 2.45) is 0 Å². The molecule has 0 aliphatic heterocycles. The van der Waals surface area contributed by atoms with E-state index in [1.54, 1.807) is 6.20 Å². The maximum absolute atomic E-state index is 13.3. The van der Waals surface area contributed by atoms with Gasteiger partial charge in [0.15, 0.2) is 12.2 Å². The number of pyridine rings is 1. The quantitative estimate of drug-likeness (QED) is 0.527. The molecule has 3 heteroatoms. The largest absolute Gasteiger partial charge is 0.298 e. The second-order valence-corrected chi connectivity index (χ2v) is 3.14. The summed E-state index contributed by atoms with van der Waals surface area (Å²) in [7, 11) is 0. The number of carbonyl (C=O) groups is 1. The zero-order valence-electron chi connectivity index (χ0n) is 7.83. The van der Waals surface area contributed by atoms with Gasteiger partial charge in [0, 0.05) is 11.8 Å². The SMILES string of the molecule is CCc1ccn2c(F)ccc(C=O)c12. The van der Waals surface area contributed by atoms with Crippen molar-refractivity contribution in [1.82, 2.24) is 4.40 Å². The van der Waals surface area contributed by atoms with Crippen molar-refractivity contribution >= 4 is 11.8 Å². The van der Waals surface area contributed by atoms with Gasteiger partial charge in [-0.3, -0.25) is 9.20 Å². The maximum Gasteiger partial charge on any atom is 0.198 e. The fourth-order valence-electron chi connectivity index (χ4n) is 1.67. The van der Waals surface area contributed by atoms with Gasteiger partial charge in [-0.05, 0) is 30.2 Å². The molecule has 0 N–H and O–H groups in total. The molecule has 0 fully saturated rings. The molecule has 2 aromatic heterocycles. The van der Waals surface area contributed by atoms with Gasteiger partial charge >= 0.3 is 0 Å². The van der Waals surface area contributed by atoms with Crippen LogP contribution in [0.2, 0.25) is 0 Å². The van der Waals surface area contributed by atoms with Crippen molar-refractivity contribution in [2.45, 2.75) is 13.3 Å². The van der Waals surface area contributed by atoms with Crippen molar-refractivity contribution in [3.63, 3.8) is 0 Å². The molecule has 0 bridgehead atoms. The average molecular weight is 191 g/mol. The number of hydrogen-bond acceptors (Lipinski definition) is 1. The molecular formula is C11H10FNO. The van der Waals surface area contributed by atoms with E-state index in [1.807, 2.05) is 13.0 Å². The molecule has 0 amide bonds. The lowest BCUT2D eigenvalue weighted by molar-refractivity contribution is 0.112. The lowest BCUT2D eigenvalue weighted by Crippen LogP contribution is -1.95. The minimum atomic E-state index is -0.342. The van der Waals surface area contributed by atoms with Gasteiger partial charge in [0.2, 0.25) is 0 Å². The maximum atomic E-state index is 13.3. The normalized spacial score (nSPS) is 10.7. The van der Waals surface area contributed by atoms with Crippen LogP contribution in [0, 0.1) is 5.95 Å². The molecular weight excluding hydrogens is 181 g/mol. The van der Waals surface area contributed by atoms with Crippen LogP contribution in [-0.4, -0.2) is 10.7 Å². The molecule has 0 atom stereocenters. The molecule has 0 saturated carbocycles. The summed E-state index contributed by atoms with van der Waals surface area (Å²) in [4.78, 5) is 10.8. The van der Waals surface area contributed by atoms with Crippen LogP contribution in [0.5, 0.6) is 0 Å². The molecule has 0 radical (unpaired) electrons. The highest BCUT2D eigenvalue weighted by Crippen LogP contribution is 2.18. The van der Waals surface area contributed by atoms with E-state index >= 15 is 0 Å². The predicted molar refractivity (Wildman–Crippen MR) is 52.1 cm³/mol. The second kappa shape index (κ2) is 3.25. The highest BCUT2D eigenvalue weighted by molar-refractivity contribution is 5.87. The zero-order valence-corrected chi connectivity index (χ0v) is 7.83. The third-order valence-electron chi connectivity index (χ3n) is 2.38. The molecule has 0 spiro atoms. The van der Waals surface area contributed by atoms with Gasteiger partial charge in [-0.1, -0.05) is 6.92 Å². The molecule has 2 heterocycles. The molecule has 2 rings (SSSR count). The Morgan fingerprint density at radius 3 is 2.86 bits per heavy atom. The molecule has 0 aliphatic rings. The number of nitrogens with zero attached hydrogens (tertiary/aromatic N) is 1. The van der Waals surface area contributed by atoms with Crippen LogP contribution < -0.4 is 0 Å². The highest BCUT2D eigenvalue weighted by Gasteiger charge is 2.08. The molecule has 0 aromatic carbocycles. The Morgan fingerprint density at radius 1 is 1.43 bits per heavy atom. The summed E-state index contributed by atoms with van der Waals surface area (Å²) in [6, 6.07) is 4.65. The minimum Gasteiger partial charge on any atom is -0.298 e. The molecule has 2 nitrogen and oxygen atoms in total. The summed E-state index contributed by atoms with van der Waals surface area (Å²) in [5, 5.41) is 0. The number of aromatic nitrogens is 1. The minimum absolute atomic E-state index is 0.342. The summed E-state index contributed by atoms with van der Waals surface area (Å²) in [6.07, 6.45) is 3.20. The number of hydrogen-bond donors (Lipinski definition) is 0. The standard InChI is InChI=1S/C11H10FNO/c1-2-8-5-6-13-10(12)4-3-9(7-14)11(8)13/h3-7H,2H2,1H3. The first-order valence-corrected chi connectivity index (χ1v) is 4.51. The first kappa shape index (κ1) is 8.94. The van der Waals surface area contributed by atoms with E-state index < -0.39 is 0 Å². The number of aldehydes is 1. The van der Waals surface area contributed by atoms with Gasteiger partial charge in [-0.2, -0.15) is 4.39 Å². The highest BCUT2D eigenvalue weighted by atomic mass is 19.1. The Hall–Kier alpha value is -1.64. The van der Waals surface area contributed by atoms with E-state index in [-0.39, 0.29) is 5.95 Å². The summed E-state index contributed by atoms with van der Waals surface area (Å²) >= 11 is 0. The van der Waals surface area contributed by atoms with Gasteiger partial charge in [0.05, 0.1) is 5.52 Å². The van der Waals surface area contributed by atoms with E-state index in [1.165, 1.54) is 16.5 Å². The second-order valence-electron chi connectivity index (χ2n) is 3.14. The Balaban J connectivity index is 2.88. The average Bonchev–Trinajstić information content (AvgIpc) is 2.63. The van der Waals surface area contributed by atoms with Crippen LogP contribution in [0.4, 0.5) is 4.39 Å². The van der Waals surface area contributed by atoms with Crippen LogP contribution in [0.3, 0.4) is 0 Å². The van der Waals surface area contributed by atoms with Crippen LogP contribution in [-0.2, 0) is 6.42 Å². The number of fused-ring (bicyclic) bond motifs is 1.